The van der Waals surface area contributed by atoms with Gasteiger partial charge in [-0.1, -0.05) is 0 Å². The lowest BCUT2D eigenvalue weighted by atomic mass is 10.0. The molecule has 34 heavy (non-hydrogen) atoms. The molecule has 2 heterocycles. The number of aromatic nitrogens is 1. The van der Waals surface area contributed by atoms with E-state index in [4.69, 9.17) is 18.9 Å². The zero-order chi connectivity index (χ0) is 24.5. The Morgan fingerprint density at radius 2 is 1.88 bits per heavy atom. The summed E-state index contributed by atoms with van der Waals surface area (Å²) in [6.07, 6.45) is 2.31. The fourth-order valence-electron chi connectivity index (χ4n) is 3.81. The minimum atomic E-state index is -0.711. The number of methoxy groups -OCH3 is 2. The van der Waals surface area contributed by atoms with E-state index in [1.807, 2.05) is 6.92 Å². The Bertz CT molecular complexity index is 934. The predicted molar refractivity (Wildman–Crippen MR) is 126 cm³/mol. The Morgan fingerprint density at radius 3 is 2.47 bits per heavy atom. The maximum atomic E-state index is 10.8. The number of nitro groups is 1. The Hall–Kier alpha value is -3.31. The summed E-state index contributed by atoms with van der Waals surface area (Å²) in [5.74, 6) is 2.64. The Kier molecular flexibility index (Phi) is 9.11. The minimum absolute atomic E-state index is 0.0158. The molecule has 0 bridgehead atoms. The minimum Gasteiger partial charge on any atom is -0.493 e. The topological polar surface area (TPSA) is 128 Å². The van der Waals surface area contributed by atoms with Gasteiger partial charge in [-0.25, -0.2) is 4.98 Å². The van der Waals surface area contributed by atoms with Crippen molar-refractivity contribution in [2.75, 3.05) is 52.0 Å². The van der Waals surface area contributed by atoms with E-state index in [0.29, 0.717) is 36.1 Å². The highest BCUT2D eigenvalue weighted by atomic mass is 16.6. The zero-order valence-corrected chi connectivity index (χ0v) is 19.7. The van der Waals surface area contributed by atoms with Crippen molar-refractivity contribution in [3.8, 4) is 23.0 Å². The Balaban J connectivity index is 1.45. The number of aliphatic hydroxyl groups is 1. The van der Waals surface area contributed by atoms with Crippen molar-refractivity contribution >= 4 is 11.5 Å². The second-order valence-electron chi connectivity index (χ2n) is 7.83. The third-order valence-corrected chi connectivity index (χ3v) is 5.59. The van der Waals surface area contributed by atoms with Crippen LogP contribution in [0.5, 0.6) is 23.0 Å². The first-order chi connectivity index (χ1) is 16.5. The summed E-state index contributed by atoms with van der Waals surface area (Å²) < 4.78 is 22.2. The first-order valence-corrected chi connectivity index (χ1v) is 11.2. The highest BCUT2D eigenvalue weighted by molar-refractivity contribution is 5.59. The van der Waals surface area contributed by atoms with Crippen LogP contribution < -0.4 is 29.2 Å². The summed E-state index contributed by atoms with van der Waals surface area (Å²) in [6.45, 7) is 4.34. The maximum absolute atomic E-state index is 10.8. The number of anilines is 1. The summed E-state index contributed by atoms with van der Waals surface area (Å²) in [7, 11) is 3.08. The van der Waals surface area contributed by atoms with Crippen LogP contribution in [-0.2, 0) is 0 Å². The van der Waals surface area contributed by atoms with Gasteiger partial charge in [0.25, 0.3) is 5.69 Å². The Morgan fingerprint density at radius 1 is 1.15 bits per heavy atom. The summed E-state index contributed by atoms with van der Waals surface area (Å²) in [5.41, 5.74) is -0.0158. The first kappa shape index (κ1) is 25.3. The van der Waals surface area contributed by atoms with Gasteiger partial charge in [-0.05, 0) is 38.0 Å². The van der Waals surface area contributed by atoms with Crippen molar-refractivity contribution in [1.82, 2.24) is 10.3 Å². The molecule has 1 aromatic carbocycles. The van der Waals surface area contributed by atoms with Gasteiger partial charge in [-0.3, -0.25) is 10.1 Å². The molecule has 1 saturated heterocycles. The van der Waals surface area contributed by atoms with E-state index in [0.717, 1.165) is 31.7 Å². The number of nitrogens with zero attached hydrogens (tertiary/aromatic N) is 3. The van der Waals surface area contributed by atoms with Gasteiger partial charge in [0.1, 0.15) is 24.7 Å². The van der Waals surface area contributed by atoms with E-state index in [2.05, 4.69) is 15.2 Å². The van der Waals surface area contributed by atoms with Crippen molar-refractivity contribution < 1.29 is 29.0 Å². The highest BCUT2D eigenvalue weighted by Crippen LogP contribution is 2.44. The molecule has 3 rings (SSSR count). The molecular weight excluding hydrogens is 444 g/mol. The second-order valence-corrected chi connectivity index (χ2v) is 7.83. The van der Waals surface area contributed by atoms with Gasteiger partial charge >= 0.3 is 0 Å². The number of aliphatic hydroxyl groups excluding tert-OH is 1. The number of hydrogen-bond donors (Lipinski definition) is 2. The maximum Gasteiger partial charge on any atom is 0.287 e. The van der Waals surface area contributed by atoms with Crippen LogP contribution in [0.3, 0.4) is 0 Å². The molecule has 2 N–H and O–H groups in total. The zero-order valence-electron chi connectivity index (χ0n) is 19.7. The van der Waals surface area contributed by atoms with Crippen LogP contribution in [0.4, 0.5) is 11.5 Å². The molecule has 186 valence electrons. The third-order valence-electron chi connectivity index (χ3n) is 5.59. The lowest BCUT2D eigenvalue weighted by Crippen LogP contribution is -2.45. The van der Waals surface area contributed by atoms with Gasteiger partial charge in [-0.2, -0.15) is 0 Å². The standard InChI is InChI=1S/C23H32N4O7/c1-4-33-23-19(31-2)6-7-20(22(23)32-3)34-15-18(28)14-24-16-9-11-26(12-10-16)21-8-5-17(13-25-21)27(29)30/h5-8,13,16,18,24,28H,4,9-12,14-15H2,1-3H3. The number of rotatable bonds is 12. The van der Waals surface area contributed by atoms with Gasteiger partial charge in [0, 0.05) is 31.7 Å². The van der Waals surface area contributed by atoms with Crippen LogP contribution in [0.15, 0.2) is 30.5 Å². The number of hydrogen-bond acceptors (Lipinski definition) is 10. The molecule has 11 heteroatoms. The van der Waals surface area contributed by atoms with E-state index >= 15 is 0 Å². The second kappa shape index (κ2) is 12.2. The van der Waals surface area contributed by atoms with E-state index in [-0.39, 0.29) is 18.3 Å². The van der Waals surface area contributed by atoms with E-state index < -0.39 is 11.0 Å². The van der Waals surface area contributed by atoms with Crippen LogP contribution in [0.1, 0.15) is 19.8 Å². The van der Waals surface area contributed by atoms with Crippen molar-refractivity contribution in [2.45, 2.75) is 31.9 Å². The van der Waals surface area contributed by atoms with Gasteiger partial charge in [0.15, 0.2) is 11.5 Å². The molecular formula is C23H32N4O7. The molecule has 0 radical (unpaired) electrons. The van der Waals surface area contributed by atoms with E-state index in [1.165, 1.54) is 19.4 Å². The van der Waals surface area contributed by atoms with Crippen molar-refractivity contribution in [1.29, 1.82) is 0 Å². The van der Waals surface area contributed by atoms with E-state index in [1.54, 1.807) is 25.3 Å². The molecule has 1 unspecified atom stereocenters. The summed E-state index contributed by atoms with van der Waals surface area (Å²) in [4.78, 5) is 16.6. The quantitative estimate of drug-likeness (QED) is 0.348. The van der Waals surface area contributed by atoms with Gasteiger partial charge in [-0.15, -0.1) is 0 Å². The molecule has 0 amide bonds. The molecule has 1 aliphatic heterocycles. The fraction of sp³-hybridized carbons (Fsp3) is 0.522. The van der Waals surface area contributed by atoms with Crippen LogP contribution in [0.25, 0.3) is 0 Å². The van der Waals surface area contributed by atoms with Gasteiger partial charge in [0.2, 0.25) is 11.5 Å². The number of ether oxygens (including phenoxy) is 4. The molecule has 1 aromatic heterocycles. The Labute approximate surface area is 198 Å². The first-order valence-electron chi connectivity index (χ1n) is 11.2. The van der Waals surface area contributed by atoms with Crippen LogP contribution in [0.2, 0.25) is 0 Å². The summed E-state index contributed by atoms with van der Waals surface area (Å²) in [6, 6.07) is 6.86. The fourth-order valence-corrected chi connectivity index (χ4v) is 3.81. The molecule has 0 aliphatic carbocycles. The smallest absolute Gasteiger partial charge is 0.287 e. The summed E-state index contributed by atoms with van der Waals surface area (Å²) in [5, 5.41) is 24.6. The van der Waals surface area contributed by atoms with E-state index in [9.17, 15) is 15.2 Å². The molecule has 2 aromatic rings. The van der Waals surface area contributed by atoms with Crippen LogP contribution in [-0.4, -0.2) is 74.2 Å². The average molecular weight is 477 g/mol. The normalized spacial score (nSPS) is 15.0. The monoisotopic (exact) mass is 476 g/mol. The summed E-state index contributed by atoms with van der Waals surface area (Å²) >= 11 is 0. The van der Waals surface area contributed by atoms with Crippen molar-refractivity contribution in [3.63, 3.8) is 0 Å². The molecule has 11 nitrogen and oxygen atoms in total. The average Bonchev–Trinajstić information content (AvgIpc) is 2.86. The highest BCUT2D eigenvalue weighted by Gasteiger charge is 2.22. The molecule has 1 fully saturated rings. The van der Waals surface area contributed by atoms with Gasteiger partial charge < -0.3 is 34.3 Å². The third kappa shape index (κ3) is 6.39. The van der Waals surface area contributed by atoms with Crippen molar-refractivity contribution in [2.24, 2.45) is 0 Å². The van der Waals surface area contributed by atoms with Gasteiger partial charge in [0.05, 0.1) is 25.7 Å². The number of piperidine rings is 1. The SMILES string of the molecule is CCOc1c(OC)ccc(OCC(O)CNC2CCN(c3ccc([N+](=O)[O-])cn3)CC2)c1OC. The molecule has 1 atom stereocenters. The van der Waals surface area contributed by atoms with Crippen LogP contribution >= 0.6 is 0 Å². The van der Waals surface area contributed by atoms with Crippen molar-refractivity contribution in [3.05, 3.63) is 40.6 Å². The predicted octanol–water partition coefficient (Wildman–Crippen LogP) is 2.40. The largest absolute Gasteiger partial charge is 0.493 e. The van der Waals surface area contributed by atoms with Crippen LogP contribution in [0, 0.1) is 10.1 Å². The number of benzene rings is 1. The lowest BCUT2D eigenvalue weighted by Gasteiger charge is -2.33. The number of pyridine rings is 1. The lowest BCUT2D eigenvalue weighted by molar-refractivity contribution is -0.385. The molecule has 1 aliphatic rings. The number of nitrogens with one attached hydrogen (secondary N) is 1. The molecule has 0 saturated carbocycles. The molecule has 0 spiro atoms.